The Morgan fingerprint density at radius 3 is 2.79 bits per heavy atom. The standard InChI is InChI=1S/C18H26N4O2/c1-3-23-12-11-22-10-9-21(13-15(22)2)14-17-19-20-18(24-17)16-7-5-4-6-8-16/h4-8,15H,3,9-14H2,1-2H3/t15-/m0/s1. The fourth-order valence-corrected chi connectivity index (χ4v) is 3.08. The van der Waals surface area contributed by atoms with Gasteiger partial charge in [0.25, 0.3) is 0 Å². The Morgan fingerprint density at radius 2 is 2.04 bits per heavy atom. The van der Waals surface area contributed by atoms with Gasteiger partial charge in [0, 0.05) is 44.4 Å². The van der Waals surface area contributed by atoms with Crippen molar-refractivity contribution in [3.63, 3.8) is 0 Å². The van der Waals surface area contributed by atoms with E-state index >= 15 is 0 Å². The first kappa shape index (κ1) is 17.1. The zero-order valence-electron chi connectivity index (χ0n) is 14.5. The van der Waals surface area contributed by atoms with E-state index in [4.69, 9.17) is 9.15 Å². The van der Waals surface area contributed by atoms with Gasteiger partial charge in [-0.25, -0.2) is 0 Å². The summed E-state index contributed by atoms with van der Waals surface area (Å²) in [4.78, 5) is 4.86. The maximum Gasteiger partial charge on any atom is 0.247 e. The molecule has 1 fully saturated rings. The van der Waals surface area contributed by atoms with Crippen LogP contribution in [0.15, 0.2) is 34.7 Å². The lowest BCUT2D eigenvalue weighted by atomic mass is 10.2. The highest BCUT2D eigenvalue weighted by atomic mass is 16.5. The molecule has 0 radical (unpaired) electrons. The Bertz CT molecular complexity index is 616. The summed E-state index contributed by atoms with van der Waals surface area (Å²) in [7, 11) is 0. The topological polar surface area (TPSA) is 54.6 Å². The molecule has 2 heterocycles. The minimum atomic E-state index is 0.510. The predicted octanol–water partition coefficient (Wildman–Crippen LogP) is 2.28. The third-order valence-electron chi connectivity index (χ3n) is 4.42. The van der Waals surface area contributed by atoms with E-state index in [-0.39, 0.29) is 0 Å². The molecule has 6 nitrogen and oxygen atoms in total. The van der Waals surface area contributed by atoms with E-state index in [0.717, 1.165) is 45.0 Å². The van der Waals surface area contributed by atoms with Crippen LogP contribution in [0, 0.1) is 0 Å². The largest absolute Gasteiger partial charge is 0.419 e. The van der Waals surface area contributed by atoms with Crippen molar-refractivity contribution in [2.24, 2.45) is 0 Å². The zero-order chi connectivity index (χ0) is 16.8. The summed E-state index contributed by atoms with van der Waals surface area (Å²) >= 11 is 0. The minimum absolute atomic E-state index is 0.510. The van der Waals surface area contributed by atoms with Crippen molar-refractivity contribution >= 4 is 0 Å². The SMILES string of the molecule is CCOCCN1CCN(Cc2nnc(-c3ccccc3)o2)C[C@@H]1C. The number of hydrogen-bond donors (Lipinski definition) is 0. The van der Waals surface area contributed by atoms with E-state index in [1.807, 2.05) is 37.3 Å². The molecule has 1 aromatic carbocycles. The molecular weight excluding hydrogens is 304 g/mol. The van der Waals surface area contributed by atoms with Crippen LogP contribution in [0.1, 0.15) is 19.7 Å². The first-order valence-corrected chi connectivity index (χ1v) is 8.68. The van der Waals surface area contributed by atoms with E-state index in [1.54, 1.807) is 0 Å². The fourth-order valence-electron chi connectivity index (χ4n) is 3.08. The number of piperazine rings is 1. The number of benzene rings is 1. The van der Waals surface area contributed by atoms with E-state index in [2.05, 4.69) is 26.9 Å². The summed E-state index contributed by atoms with van der Waals surface area (Å²) in [5.74, 6) is 1.28. The molecule has 0 unspecified atom stereocenters. The van der Waals surface area contributed by atoms with Gasteiger partial charge in [0.2, 0.25) is 11.8 Å². The van der Waals surface area contributed by atoms with Crippen LogP contribution in [0.5, 0.6) is 0 Å². The summed E-state index contributed by atoms with van der Waals surface area (Å²) in [5, 5.41) is 8.36. The van der Waals surface area contributed by atoms with Gasteiger partial charge >= 0.3 is 0 Å². The maximum atomic E-state index is 5.82. The highest BCUT2D eigenvalue weighted by Gasteiger charge is 2.24. The van der Waals surface area contributed by atoms with Gasteiger partial charge in [0.15, 0.2) is 0 Å². The lowest BCUT2D eigenvalue weighted by molar-refractivity contribution is 0.0437. The first-order chi connectivity index (χ1) is 11.8. The summed E-state index contributed by atoms with van der Waals surface area (Å²) in [6, 6.07) is 10.4. The van der Waals surface area contributed by atoms with Crippen LogP contribution in [-0.2, 0) is 11.3 Å². The van der Waals surface area contributed by atoms with Gasteiger partial charge in [0.1, 0.15) is 0 Å². The average molecular weight is 330 g/mol. The normalized spacial score (nSPS) is 19.7. The number of nitrogens with zero attached hydrogens (tertiary/aromatic N) is 4. The van der Waals surface area contributed by atoms with E-state index in [1.165, 1.54) is 0 Å². The van der Waals surface area contributed by atoms with Crippen LogP contribution >= 0.6 is 0 Å². The van der Waals surface area contributed by atoms with Crippen LogP contribution in [0.3, 0.4) is 0 Å². The summed E-state index contributed by atoms with van der Waals surface area (Å²) in [5.41, 5.74) is 0.963. The Labute approximate surface area is 143 Å². The van der Waals surface area contributed by atoms with E-state index in [0.29, 0.717) is 24.4 Å². The number of ether oxygens (including phenoxy) is 1. The Kier molecular flexibility index (Phi) is 5.96. The molecule has 0 amide bonds. The second kappa shape index (κ2) is 8.37. The maximum absolute atomic E-state index is 5.82. The van der Waals surface area contributed by atoms with Crippen molar-refractivity contribution in [3.05, 3.63) is 36.2 Å². The molecule has 0 spiro atoms. The second-order valence-electron chi connectivity index (χ2n) is 6.18. The Hall–Kier alpha value is -1.76. The van der Waals surface area contributed by atoms with Crippen molar-refractivity contribution in [2.75, 3.05) is 39.4 Å². The molecule has 0 saturated carbocycles. The molecule has 0 aliphatic carbocycles. The molecule has 130 valence electrons. The van der Waals surface area contributed by atoms with Gasteiger partial charge in [-0.15, -0.1) is 10.2 Å². The molecule has 1 aliphatic heterocycles. The molecule has 24 heavy (non-hydrogen) atoms. The summed E-state index contributed by atoms with van der Waals surface area (Å²) in [6.07, 6.45) is 0. The van der Waals surface area contributed by atoms with Crippen LogP contribution in [-0.4, -0.2) is 65.4 Å². The number of aromatic nitrogens is 2. The van der Waals surface area contributed by atoms with Crippen molar-refractivity contribution in [2.45, 2.75) is 26.4 Å². The van der Waals surface area contributed by atoms with Crippen LogP contribution in [0.25, 0.3) is 11.5 Å². The van der Waals surface area contributed by atoms with Gasteiger partial charge in [-0.3, -0.25) is 9.80 Å². The van der Waals surface area contributed by atoms with Gasteiger partial charge in [-0.1, -0.05) is 18.2 Å². The molecule has 0 N–H and O–H groups in total. The monoisotopic (exact) mass is 330 g/mol. The van der Waals surface area contributed by atoms with E-state index < -0.39 is 0 Å². The summed E-state index contributed by atoms with van der Waals surface area (Å²) < 4.78 is 11.3. The lowest BCUT2D eigenvalue weighted by Crippen LogP contribution is -2.52. The predicted molar refractivity (Wildman–Crippen MR) is 92.5 cm³/mol. The van der Waals surface area contributed by atoms with Crippen LogP contribution in [0.4, 0.5) is 0 Å². The highest BCUT2D eigenvalue weighted by Crippen LogP contribution is 2.18. The summed E-state index contributed by atoms with van der Waals surface area (Å²) in [6.45, 7) is 10.7. The second-order valence-corrected chi connectivity index (χ2v) is 6.18. The van der Waals surface area contributed by atoms with E-state index in [9.17, 15) is 0 Å². The van der Waals surface area contributed by atoms with Crippen molar-refractivity contribution in [1.29, 1.82) is 0 Å². The number of rotatable bonds is 7. The minimum Gasteiger partial charge on any atom is -0.419 e. The Balaban J connectivity index is 1.52. The van der Waals surface area contributed by atoms with Gasteiger partial charge in [0.05, 0.1) is 13.2 Å². The highest BCUT2D eigenvalue weighted by molar-refractivity contribution is 5.51. The molecule has 1 atom stereocenters. The fraction of sp³-hybridized carbons (Fsp3) is 0.556. The zero-order valence-corrected chi connectivity index (χ0v) is 14.5. The molecule has 1 aromatic heterocycles. The molecule has 0 bridgehead atoms. The third-order valence-corrected chi connectivity index (χ3v) is 4.42. The van der Waals surface area contributed by atoms with Crippen molar-refractivity contribution < 1.29 is 9.15 Å². The lowest BCUT2D eigenvalue weighted by Gasteiger charge is -2.39. The Morgan fingerprint density at radius 1 is 1.21 bits per heavy atom. The van der Waals surface area contributed by atoms with Crippen LogP contribution < -0.4 is 0 Å². The van der Waals surface area contributed by atoms with Gasteiger partial charge in [-0.05, 0) is 26.0 Å². The third kappa shape index (κ3) is 4.41. The molecular formula is C18H26N4O2. The smallest absolute Gasteiger partial charge is 0.247 e. The molecule has 6 heteroatoms. The number of hydrogen-bond acceptors (Lipinski definition) is 6. The molecule has 1 saturated heterocycles. The molecule has 2 aromatic rings. The quantitative estimate of drug-likeness (QED) is 0.726. The van der Waals surface area contributed by atoms with Crippen molar-refractivity contribution in [1.82, 2.24) is 20.0 Å². The molecule has 3 rings (SSSR count). The first-order valence-electron chi connectivity index (χ1n) is 8.68. The van der Waals surface area contributed by atoms with Crippen molar-refractivity contribution in [3.8, 4) is 11.5 Å². The average Bonchev–Trinajstić information content (AvgIpc) is 3.06. The molecule has 1 aliphatic rings. The van der Waals surface area contributed by atoms with Crippen LogP contribution in [0.2, 0.25) is 0 Å². The van der Waals surface area contributed by atoms with Gasteiger partial charge < -0.3 is 9.15 Å². The van der Waals surface area contributed by atoms with Gasteiger partial charge in [-0.2, -0.15) is 0 Å².